The van der Waals surface area contributed by atoms with E-state index in [0.717, 1.165) is 0 Å². The van der Waals surface area contributed by atoms with Crippen LogP contribution in [0.15, 0.2) is 53.8 Å². The highest BCUT2D eigenvalue weighted by Crippen LogP contribution is 2.20. The van der Waals surface area contributed by atoms with Crippen molar-refractivity contribution < 1.29 is 26.1 Å². The van der Waals surface area contributed by atoms with Crippen molar-refractivity contribution in [1.82, 2.24) is 15.0 Å². The zero-order valence-electron chi connectivity index (χ0n) is 10.2. The quantitative estimate of drug-likeness (QED) is 0.556. The van der Waals surface area contributed by atoms with Crippen molar-refractivity contribution in [1.29, 1.82) is 0 Å². The number of aromatic nitrogens is 3. The number of pyridine rings is 1. The fourth-order valence-electron chi connectivity index (χ4n) is 0.623. The standard InChI is InChI=1S/C5H5N.C4H4N2O.CHF3O3S/c1-2-4-6-5-3-1;7-4-5-2-1-3-6-4;2-1(3,4)8(5,6)7/h1-5H;1-3H,(H,5,6,7);(H,5,6,7). The fraction of sp³-hybridized carbons (Fsp3) is 0.100. The molecule has 116 valence electrons. The summed E-state index contributed by atoms with van der Waals surface area (Å²) in [6.07, 6.45) is 6.48. The summed E-state index contributed by atoms with van der Waals surface area (Å²) in [6.45, 7) is 0. The van der Waals surface area contributed by atoms with Crippen LogP contribution in [0, 0.1) is 0 Å². The first-order chi connectivity index (χ1) is 9.64. The Labute approximate surface area is 117 Å². The Kier molecular flexibility index (Phi) is 7.86. The molecule has 0 unspecified atom stereocenters. The van der Waals surface area contributed by atoms with Gasteiger partial charge in [-0.2, -0.15) is 21.6 Å². The molecule has 2 N–H and O–H groups in total. The molecule has 2 aromatic rings. The molecule has 21 heavy (non-hydrogen) atoms. The lowest BCUT2D eigenvalue weighted by Gasteiger charge is -1.97. The minimum atomic E-state index is -5.84. The number of H-pyrrole nitrogens is 1. The lowest BCUT2D eigenvalue weighted by atomic mass is 10.5. The van der Waals surface area contributed by atoms with Gasteiger partial charge in [0.25, 0.3) is 0 Å². The van der Waals surface area contributed by atoms with Crippen LogP contribution in [0.25, 0.3) is 0 Å². The maximum Gasteiger partial charge on any atom is 0.522 e. The first kappa shape index (κ1) is 18.7. The zero-order chi connectivity index (χ0) is 16.4. The van der Waals surface area contributed by atoms with Crippen molar-refractivity contribution in [3.8, 4) is 0 Å². The topological polar surface area (TPSA) is 113 Å². The third-order valence-electron chi connectivity index (χ3n) is 1.44. The van der Waals surface area contributed by atoms with Crippen molar-refractivity contribution in [2.24, 2.45) is 0 Å². The number of hydrogen-bond donors (Lipinski definition) is 2. The van der Waals surface area contributed by atoms with Crippen LogP contribution >= 0.6 is 0 Å². The molecule has 7 nitrogen and oxygen atoms in total. The van der Waals surface area contributed by atoms with E-state index >= 15 is 0 Å². The molecule has 0 spiro atoms. The van der Waals surface area contributed by atoms with Gasteiger partial charge in [0.2, 0.25) is 0 Å². The van der Waals surface area contributed by atoms with E-state index in [0.29, 0.717) is 0 Å². The minimum absolute atomic E-state index is 0.303. The van der Waals surface area contributed by atoms with Gasteiger partial charge < -0.3 is 4.98 Å². The third-order valence-corrected chi connectivity index (χ3v) is 2.02. The van der Waals surface area contributed by atoms with Gasteiger partial charge in [-0.3, -0.25) is 9.54 Å². The molecule has 11 heteroatoms. The summed E-state index contributed by atoms with van der Waals surface area (Å²) >= 11 is 0. The number of aromatic amines is 1. The Morgan fingerprint density at radius 2 is 1.57 bits per heavy atom. The summed E-state index contributed by atoms with van der Waals surface area (Å²) in [6, 6.07) is 7.37. The zero-order valence-corrected chi connectivity index (χ0v) is 11.0. The number of nitrogens with zero attached hydrogens (tertiary/aromatic N) is 2. The van der Waals surface area contributed by atoms with E-state index in [1.165, 1.54) is 12.4 Å². The smallest absolute Gasteiger partial charge is 0.313 e. The molecule has 0 aliphatic heterocycles. The highest BCUT2D eigenvalue weighted by atomic mass is 32.2. The maximum atomic E-state index is 10.7. The second-order valence-electron chi connectivity index (χ2n) is 3.03. The molecule has 0 saturated carbocycles. The number of rotatable bonds is 0. The lowest BCUT2D eigenvalue weighted by molar-refractivity contribution is -0.0510. The van der Waals surface area contributed by atoms with Crippen molar-refractivity contribution in [2.45, 2.75) is 5.51 Å². The van der Waals surface area contributed by atoms with Crippen LogP contribution in [-0.4, -0.2) is 33.4 Å². The second kappa shape index (κ2) is 8.81. The third kappa shape index (κ3) is 10.2. The molecule has 0 aliphatic carbocycles. The molecule has 0 amide bonds. The molecule has 0 bridgehead atoms. The van der Waals surface area contributed by atoms with Crippen molar-refractivity contribution in [3.63, 3.8) is 0 Å². The molecule has 2 aromatic heterocycles. The molecule has 0 atom stereocenters. The van der Waals surface area contributed by atoms with Crippen LogP contribution in [0.4, 0.5) is 13.2 Å². The van der Waals surface area contributed by atoms with Crippen molar-refractivity contribution >= 4 is 10.1 Å². The van der Waals surface area contributed by atoms with E-state index in [1.807, 2.05) is 18.2 Å². The monoisotopic (exact) mass is 325 g/mol. The Morgan fingerprint density at radius 3 is 1.71 bits per heavy atom. The highest BCUT2D eigenvalue weighted by molar-refractivity contribution is 7.86. The summed E-state index contributed by atoms with van der Waals surface area (Å²) in [7, 11) is -5.84. The van der Waals surface area contributed by atoms with Gasteiger partial charge in [0, 0.05) is 24.8 Å². The van der Waals surface area contributed by atoms with Crippen LogP contribution in [0.5, 0.6) is 0 Å². The van der Waals surface area contributed by atoms with Crippen LogP contribution < -0.4 is 5.69 Å². The van der Waals surface area contributed by atoms with Gasteiger partial charge in [0.15, 0.2) is 0 Å². The van der Waals surface area contributed by atoms with Crippen LogP contribution in [0.3, 0.4) is 0 Å². The molecular formula is C10H10F3N3O4S. The van der Waals surface area contributed by atoms with Crippen molar-refractivity contribution in [3.05, 3.63) is 59.5 Å². The van der Waals surface area contributed by atoms with E-state index < -0.39 is 15.6 Å². The number of halogens is 3. The SMILES string of the molecule is O=S(=O)(O)C(F)(F)F.O=c1nccc[nH]1.c1ccncc1. The number of hydrogen-bond acceptors (Lipinski definition) is 5. The summed E-state index contributed by atoms with van der Waals surface area (Å²) < 4.78 is 57.5. The van der Waals surface area contributed by atoms with Crippen molar-refractivity contribution in [2.75, 3.05) is 0 Å². The van der Waals surface area contributed by atoms with Gasteiger partial charge in [-0.05, 0) is 18.2 Å². The summed E-state index contributed by atoms with van der Waals surface area (Å²) in [5, 5.41) is 0. The van der Waals surface area contributed by atoms with Crippen LogP contribution in [-0.2, 0) is 10.1 Å². The Bertz CT molecular complexity index is 615. The minimum Gasteiger partial charge on any atom is -0.313 e. The van der Waals surface area contributed by atoms with Gasteiger partial charge in [-0.1, -0.05) is 6.07 Å². The molecular weight excluding hydrogens is 315 g/mol. The van der Waals surface area contributed by atoms with E-state index in [9.17, 15) is 18.0 Å². The van der Waals surface area contributed by atoms with E-state index in [4.69, 9.17) is 13.0 Å². The Morgan fingerprint density at radius 1 is 1.05 bits per heavy atom. The summed E-state index contributed by atoms with van der Waals surface area (Å²) in [5.74, 6) is 0. The van der Waals surface area contributed by atoms with Gasteiger partial charge in [0.05, 0.1) is 0 Å². The molecule has 0 aromatic carbocycles. The molecule has 2 rings (SSSR count). The van der Waals surface area contributed by atoms with Gasteiger partial charge in [-0.15, -0.1) is 0 Å². The first-order valence-electron chi connectivity index (χ1n) is 5.03. The van der Waals surface area contributed by atoms with Gasteiger partial charge in [-0.25, -0.2) is 9.78 Å². The van der Waals surface area contributed by atoms with E-state index in [1.54, 1.807) is 18.5 Å². The molecule has 0 radical (unpaired) electrons. The fourth-order valence-corrected chi connectivity index (χ4v) is 0.623. The van der Waals surface area contributed by atoms with E-state index in [2.05, 4.69) is 15.0 Å². The Balaban J connectivity index is 0.000000288. The Hall–Kier alpha value is -2.27. The molecule has 0 fully saturated rings. The molecule has 2 heterocycles. The predicted octanol–water partition coefficient (Wildman–Crippen LogP) is 1.25. The second-order valence-corrected chi connectivity index (χ2v) is 4.45. The average molecular weight is 325 g/mol. The summed E-state index contributed by atoms with van der Waals surface area (Å²) in [5.41, 5.74) is -5.84. The summed E-state index contributed by atoms with van der Waals surface area (Å²) in [4.78, 5) is 19.6. The predicted molar refractivity (Wildman–Crippen MR) is 66.7 cm³/mol. The number of alkyl halides is 3. The molecule has 0 saturated heterocycles. The van der Waals surface area contributed by atoms with Crippen LogP contribution in [0.1, 0.15) is 0 Å². The first-order valence-corrected chi connectivity index (χ1v) is 6.47. The highest BCUT2D eigenvalue weighted by Gasteiger charge is 2.44. The normalized spacial score (nSPS) is 10.5. The van der Waals surface area contributed by atoms with Crippen LogP contribution in [0.2, 0.25) is 0 Å². The van der Waals surface area contributed by atoms with E-state index in [-0.39, 0.29) is 5.69 Å². The maximum absolute atomic E-state index is 10.7. The van der Waals surface area contributed by atoms with Gasteiger partial charge >= 0.3 is 21.3 Å². The lowest BCUT2D eigenvalue weighted by Crippen LogP contribution is -2.21. The number of nitrogens with one attached hydrogen (secondary N) is 1. The largest absolute Gasteiger partial charge is 0.522 e. The van der Waals surface area contributed by atoms with Gasteiger partial charge in [0.1, 0.15) is 0 Å². The average Bonchev–Trinajstić information content (AvgIpc) is 2.41. The molecule has 0 aliphatic rings.